The molecular weight excluding hydrogens is 1160 g/mol. The largest absolute Gasteiger partial charge is 0.466 e. The summed E-state index contributed by atoms with van der Waals surface area (Å²) in [5.74, 6) is -4.82. The fraction of sp³-hybridized carbons (Fsp3) is 0.781. The second kappa shape index (κ2) is 32.0. The highest BCUT2D eigenvalue weighted by Gasteiger charge is 2.60. The molecule has 0 aliphatic carbocycles. The molecule has 4 atom stereocenters. The second-order valence-corrected chi connectivity index (χ2v) is 29.3. The molecule has 0 N–H and O–H groups in total. The third-order valence-corrected chi connectivity index (χ3v) is 19.3. The molecule has 0 rings (SSSR count). The van der Waals surface area contributed by atoms with Crippen molar-refractivity contribution in [2.75, 3.05) is 115 Å². The van der Waals surface area contributed by atoms with Gasteiger partial charge in [0.15, 0.2) is 13.2 Å². The Morgan fingerprint density at radius 2 is 0.863 bits per heavy atom. The average molecular weight is 1220 g/mol. The van der Waals surface area contributed by atoms with Crippen LogP contribution in [0.4, 0.5) is 0 Å². The van der Waals surface area contributed by atoms with Gasteiger partial charge in [0.1, 0.15) is 0 Å². The molecule has 0 amide bonds. The fourth-order valence-corrected chi connectivity index (χ4v) is 14.2. The molecule has 41 heteroatoms. The minimum Gasteiger partial charge on any atom is -0.466 e. The van der Waals surface area contributed by atoms with E-state index in [9.17, 15) is 71.1 Å². The van der Waals surface area contributed by atoms with E-state index in [-0.39, 0.29) is 19.8 Å². The number of methoxy groups -OCH3 is 1. The Labute approximate surface area is 424 Å². The van der Waals surface area contributed by atoms with Crippen LogP contribution < -0.4 is 0 Å². The van der Waals surface area contributed by atoms with Gasteiger partial charge in [0.05, 0.1) is 38.7 Å². The lowest BCUT2D eigenvalue weighted by molar-refractivity contribution is -0.155. The van der Waals surface area contributed by atoms with Crippen LogP contribution in [0.5, 0.6) is 0 Å². The fourth-order valence-electron chi connectivity index (χ4n) is 4.34. The van der Waals surface area contributed by atoms with E-state index in [1.54, 1.807) is 0 Å². The van der Waals surface area contributed by atoms with Crippen LogP contribution in [0.25, 0.3) is 4.85 Å². The van der Waals surface area contributed by atoms with Crippen molar-refractivity contribution < 1.29 is 143 Å². The van der Waals surface area contributed by atoms with Crippen LogP contribution in [0.1, 0.15) is 27.7 Å². The molecule has 0 aliphatic heterocycles. The molecule has 33 nitrogen and oxygen atoms in total. The zero-order chi connectivity index (χ0) is 58.9. The number of nitrogens with zero attached hydrogens (tertiary/aromatic N) is 1. The molecule has 0 spiro atoms. The van der Waals surface area contributed by atoms with E-state index in [4.69, 9.17) is 13.0 Å². The molecule has 73 heavy (non-hydrogen) atoms. The van der Waals surface area contributed by atoms with Crippen LogP contribution >= 0.6 is 30.4 Å². The summed E-state index contributed by atoms with van der Waals surface area (Å²) < 4.78 is 210. The Kier molecular flexibility index (Phi) is 33.6. The number of carbonyl (C=O) groups is 4. The minimum atomic E-state index is -4.26. The van der Waals surface area contributed by atoms with Gasteiger partial charge in [-0.3, -0.25) is 18.3 Å². The van der Waals surface area contributed by atoms with Crippen molar-refractivity contribution in [1.82, 2.24) is 0 Å². The van der Waals surface area contributed by atoms with Crippen molar-refractivity contribution in [1.29, 1.82) is 0 Å². The number of hydrogen-bond acceptors (Lipinski definition) is 32. The summed E-state index contributed by atoms with van der Waals surface area (Å²) in [5, 5.41) is -7.37. The maximum absolute atomic E-state index is 12.3. The highest BCUT2D eigenvalue weighted by atomic mass is 32.2. The number of ether oxygens (including phenoxy) is 4. The first kappa shape index (κ1) is 76.7. The van der Waals surface area contributed by atoms with E-state index < -0.39 is 123 Å². The minimum absolute atomic E-state index is 0.0319. The summed E-state index contributed by atoms with van der Waals surface area (Å²) in [7, 11) is -24.2. The summed E-state index contributed by atoms with van der Waals surface area (Å²) in [6, 6.07) is 0. The molecule has 0 aromatic carbocycles. The standard InChI is InChI=1S/C9H16NO8PS.C9H15O8PS.2C7H15O8PS/c1-9(18-20(5,13)14,19(12,15-3)16-4)8(11)17-7-6-10-2;1-6-7-16-8(10)9(2,17-19(5,12)13)18(11,14-3)15-4;1-7(6(8)12-2,15-17(5,10)11)16(9,13-3)14-4;1-5-14-6(8)7(15-17(4,10)11)16(9,12-2)13-3/h6-7H2,1,3-5H3;1H,7H2,2-5H3;1-5H3;7H,5H2,1-4H3. The van der Waals surface area contributed by atoms with Crippen molar-refractivity contribution in [2.24, 2.45) is 0 Å². The Balaban J connectivity index is -0.000000436. The normalized spacial score (nSPS) is 15.3. The summed E-state index contributed by atoms with van der Waals surface area (Å²) in [6.07, 6.45) is 7.65. The van der Waals surface area contributed by atoms with Crippen LogP contribution in [-0.2, 0) is 150 Å². The summed E-state index contributed by atoms with van der Waals surface area (Å²) in [5.41, 5.74) is 0. The molecule has 0 saturated carbocycles. The number of rotatable bonds is 28. The maximum Gasteiger partial charge on any atom is 0.374 e. The van der Waals surface area contributed by atoms with Gasteiger partial charge in [-0.1, -0.05) is 5.92 Å². The Hall–Kier alpha value is -2.83. The van der Waals surface area contributed by atoms with Gasteiger partial charge in [-0.25, -0.2) is 42.5 Å². The van der Waals surface area contributed by atoms with E-state index in [1.165, 1.54) is 6.92 Å². The topological polar surface area (TPSA) is 425 Å². The van der Waals surface area contributed by atoms with Crippen molar-refractivity contribution in [3.8, 4) is 12.3 Å². The highest BCUT2D eigenvalue weighted by molar-refractivity contribution is 7.87. The van der Waals surface area contributed by atoms with Gasteiger partial charge < -0.3 is 60.0 Å². The first-order chi connectivity index (χ1) is 32.9. The van der Waals surface area contributed by atoms with Gasteiger partial charge in [0, 0.05) is 56.9 Å². The van der Waals surface area contributed by atoms with E-state index in [0.29, 0.717) is 25.0 Å². The van der Waals surface area contributed by atoms with E-state index in [0.717, 1.165) is 84.8 Å². The van der Waals surface area contributed by atoms with Gasteiger partial charge in [0.2, 0.25) is 6.54 Å². The SMILES string of the molecule is C#CCOC(=O)C(C)(OS(C)(=O)=O)P(=O)(OC)OC.CCOC(=O)C(OS(C)(=O)=O)P(=O)(OC)OC.COC(=O)C(C)(OS(C)(=O)=O)P(=O)(OC)OC.[C-]#[N+]CCOC(=O)C(C)(OS(C)(=O)=O)P(=O)(OC)OC. The van der Waals surface area contributed by atoms with Crippen LogP contribution in [0.15, 0.2) is 0 Å². The van der Waals surface area contributed by atoms with Crippen molar-refractivity contribution in [3.05, 3.63) is 11.4 Å². The van der Waals surface area contributed by atoms with Gasteiger partial charge in [-0.2, -0.15) is 33.7 Å². The van der Waals surface area contributed by atoms with Crippen LogP contribution in [0.2, 0.25) is 0 Å². The average Bonchev–Trinajstić information content (AvgIpc) is 3.29. The first-order valence-electron chi connectivity index (χ1n) is 18.7. The lowest BCUT2D eigenvalue weighted by Gasteiger charge is -2.30. The third-order valence-electron chi connectivity index (χ3n) is 7.55. The third kappa shape index (κ3) is 24.4. The molecule has 0 bridgehead atoms. The molecule has 0 radical (unpaired) electrons. The first-order valence-corrected chi connectivity index (χ1v) is 32.2. The van der Waals surface area contributed by atoms with Gasteiger partial charge in [-0.05, 0) is 27.7 Å². The molecular formula is C32H61NO32P4S4. The lowest BCUT2D eigenvalue weighted by Crippen LogP contribution is -2.42. The molecule has 0 aliphatic rings. The maximum atomic E-state index is 12.3. The molecule has 0 saturated heterocycles. The van der Waals surface area contributed by atoms with E-state index >= 15 is 0 Å². The van der Waals surface area contributed by atoms with Crippen LogP contribution in [-0.4, -0.2) is 195 Å². The van der Waals surface area contributed by atoms with Gasteiger partial charge in [0.25, 0.3) is 62.3 Å². The number of terminal acetylenes is 1. The van der Waals surface area contributed by atoms with Crippen molar-refractivity contribution >= 4 is 94.7 Å². The molecule has 0 fully saturated rings. The summed E-state index contributed by atoms with van der Waals surface area (Å²) >= 11 is 0. The van der Waals surface area contributed by atoms with E-state index in [1.807, 2.05) is 5.92 Å². The Morgan fingerprint density at radius 3 is 1.10 bits per heavy atom. The molecule has 430 valence electrons. The number of hydrogen-bond donors (Lipinski definition) is 0. The smallest absolute Gasteiger partial charge is 0.374 e. The predicted octanol–water partition coefficient (Wildman–Crippen LogP) is 1.64. The van der Waals surface area contributed by atoms with Crippen LogP contribution in [0.3, 0.4) is 0 Å². The van der Waals surface area contributed by atoms with Crippen LogP contribution in [0, 0.1) is 18.9 Å². The monoisotopic (exact) mass is 1220 g/mol. The zero-order valence-electron chi connectivity index (χ0n) is 42.4. The number of carbonyl (C=O) groups excluding carboxylic acids is 4. The molecule has 0 aromatic rings. The van der Waals surface area contributed by atoms with Crippen molar-refractivity contribution in [2.45, 2.75) is 49.6 Å². The lowest BCUT2D eigenvalue weighted by atomic mass is 10.4. The van der Waals surface area contributed by atoms with E-state index in [2.05, 4.69) is 76.7 Å². The summed E-state index contributed by atoms with van der Waals surface area (Å²) in [6.45, 7) is 9.91. The summed E-state index contributed by atoms with van der Waals surface area (Å²) in [4.78, 5) is 49.7. The Morgan fingerprint density at radius 1 is 0.548 bits per heavy atom. The quantitative estimate of drug-likeness (QED) is 0.0204. The van der Waals surface area contributed by atoms with Gasteiger partial charge in [-0.15, -0.1) is 6.42 Å². The molecule has 4 unspecified atom stereocenters. The highest BCUT2D eigenvalue weighted by Crippen LogP contribution is 2.62. The molecule has 0 heterocycles. The number of esters is 4. The Bertz CT molecular complexity index is 2560. The van der Waals surface area contributed by atoms with Crippen molar-refractivity contribution in [3.63, 3.8) is 0 Å². The predicted molar refractivity (Wildman–Crippen MR) is 250 cm³/mol. The van der Waals surface area contributed by atoms with Gasteiger partial charge >= 0.3 is 54.3 Å². The zero-order valence-corrected chi connectivity index (χ0v) is 49.3. The molecule has 0 aromatic heterocycles. The second-order valence-electron chi connectivity index (χ2n) is 13.0.